The molecule has 7 nitrogen and oxygen atoms in total. The van der Waals surface area contributed by atoms with E-state index in [-0.39, 0.29) is 23.8 Å². The molecule has 0 bridgehead atoms. The molecule has 0 fully saturated rings. The molecule has 0 unspecified atom stereocenters. The summed E-state index contributed by atoms with van der Waals surface area (Å²) in [4.78, 5) is 26.2. The van der Waals surface area contributed by atoms with Gasteiger partial charge >= 0.3 is 0 Å². The maximum atomic E-state index is 11.7. The van der Waals surface area contributed by atoms with E-state index >= 15 is 0 Å². The first kappa shape index (κ1) is 14.2. The van der Waals surface area contributed by atoms with Gasteiger partial charge < -0.3 is 21.3 Å². The summed E-state index contributed by atoms with van der Waals surface area (Å²) >= 11 is 1.07. The maximum absolute atomic E-state index is 11.7. The summed E-state index contributed by atoms with van der Waals surface area (Å²) in [5.74, 6) is -0.593. The van der Waals surface area contributed by atoms with Crippen molar-refractivity contribution in [1.82, 2.24) is 9.27 Å². The lowest BCUT2D eigenvalue weighted by Gasteiger charge is -2.22. The second-order valence-electron chi connectivity index (χ2n) is 3.91. The number of nitrogen functional groups attached to an aromatic ring is 1. The molecule has 0 saturated carbocycles. The Morgan fingerprint density at radius 2 is 2.00 bits per heavy atom. The molecule has 8 heteroatoms. The normalized spacial score (nSPS) is 10.2. The third kappa shape index (κ3) is 2.89. The number of aromatic nitrogens is 1. The van der Waals surface area contributed by atoms with Crippen LogP contribution in [0.25, 0.3) is 0 Å². The van der Waals surface area contributed by atoms with Crippen molar-refractivity contribution in [2.75, 3.05) is 37.8 Å². The number of anilines is 2. The van der Waals surface area contributed by atoms with Crippen molar-refractivity contribution in [2.45, 2.75) is 6.92 Å². The van der Waals surface area contributed by atoms with Gasteiger partial charge in [0.05, 0.1) is 6.54 Å². The summed E-state index contributed by atoms with van der Waals surface area (Å²) in [5, 5.41) is 0.540. The smallest absolute Gasteiger partial charge is 0.255 e. The summed E-state index contributed by atoms with van der Waals surface area (Å²) in [5.41, 5.74) is 11.1. The number of hydrogen-bond donors (Lipinski definition) is 2. The van der Waals surface area contributed by atoms with Gasteiger partial charge in [-0.2, -0.15) is 4.37 Å². The van der Waals surface area contributed by atoms with Gasteiger partial charge in [-0.1, -0.05) is 0 Å². The molecule has 0 aromatic carbocycles. The van der Waals surface area contributed by atoms with E-state index < -0.39 is 5.91 Å². The molecule has 100 valence electrons. The van der Waals surface area contributed by atoms with E-state index in [9.17, 15) is 9.59 Å². The first-order valence-corrected chi connectivity index (χ1v) is 6.15. The number of amides is 2. The van der Waals surface area contributed by atoms with E-state index in [0.717, 1.165) is 11.5 Å². The van der Waals surface area contributed by atoms with Crippen LogP contribution in [0.15, 0.2) is 0 Å². The van der Waals surface area contributed by atoms with Crippen molar-refractivity contribution in [3.63, 3.8) is 0 Å². The predicted molar refractivity (Wildman–Crippen MR) is 71.6 cm³/mol. The highest BCUT2D eigenvalue weighted by Crippen LogP contribution is 2.29. The molecule has 0 aliphatic heterocycles. The zero-order valence-corrected chi connectivity index (χ0v) is 11.5. The summed E-state index contributed by atoms with van der Waals surface area (Å²) in [7, 11) is 3.35. The molecule has 0 aliphatic rings. The standard InChI is InChI=1S/C10H17N5O2S/c1-4-15(5-6(16)14(2)3)10-7(9(12)17)8(11)13-18-10/h4-5H2,1-3H3,(H2,11,13)(H2,12,17). The highest BCUT2D eigenvalue weighted by molar-refractivity contribution is 7.11. The van der Waals surface area contributed by atoms with E-state index in [1.54, 1.807) is 19.0 Å². The number of carbonyl (C=O) groups excluding carboxylic acids is 2. The molecule has 0 saturated heterocycles. The number of nitrogens with zero attached hydrogens (tertiary/aromatic N) is 3. The lowest BCUT2D eigenvalue weighted by atomic mass is 10.2. The maximum Gasteiger partial charge on any atom is 0.255 e. The molecule has 0 spiro atoms. The monoisotopic (exact) mass is 271 g/mol. The second-order valence-corrected chi connectivity index (χ2v) is 4.67. The minimum absolute atomic E-state index is 0.0701. The lowest BCUT2D eigenvalue weighted by molar-refractivity contribution is -0.127. The fourth-order valence-electron chi connectivity index (χ4n) is 1.37. The Morgan fingerprint density at radius 3 is 2.44 bits per heavy atom. The lowest BCUT2D eigenvalue weighted by Crippen LogP contribution is -2.37. The number of carbonyl (C=O) groups is 2. The van der Waals surface area contributed by atoms with Gasteiger partial charge in [0.25, 0.3) is 5.91 Å². The molecule has 1 heterocycles. The molecule has 18 heavy (non-hydrogen) atoms. The molecule has 0 radical (unpaired) electrons. The first-order chi connectivity index (χ1) is 8.38. The molecule has 1 aromatic rings. The Labute approximate surface area is 110 Å². The van der Waals surface area contributed by atoms with Crippen LogP contribution in [0, 0.1) is 0 Å². The Bertz CT molecular complexity index is 457. The van der Waals surface area contributed by atoms with Crippen molar-refractivity contribution < 1.29 is 9.59 Å². The Hall–Kier alpha value is -1.83. The van der Waals surface area contributed by atoms with Crippen LogP contribution in [-0.2, 0) is 4.79 Å². The third-order valence-corrected chi connectivity index (χ3v) is 3.36. The van der Waals surface area contributed by atoms with E-state index in [1.807, 2.05) is 6.92 Å². The highest BCUT2D eigenvalue weighted by atomic mass is 32.1. The number of primary amides is 1. The highest BCUT2D eigenvalue weighted by Gasteiger charge is 2.22. The van der Waals surface area contributed by atoms with E-state index in [0.29, 0.717) is 11.5 Å². The summed E-state index contributed by atoms with van der Waals surface area (Å²) in [6.07, 6.45) is 0. The molecular weight excluding hydrogens is 254 g/mol. The van der Waals surface area contributed by atoms with Gasteiger partial charge in [0, 0.05) is 20.6 Å². The Morgan fingerprint density at radius 1 is 1.39 bits per heavy atom. The van der Waals surface area contributed by atoms with Crippen molar-refractivity contribution in [2.24, 2.45) is 5.73 Å². The van der Waals surface area contributed by atoms with Crippen LogP contribution in [0.2, 0.25) is 0 Å². The zero-order valence-electron chi connectivity index (χ0n) is 10.6. The quantitative estimate of drug-likeness (QED) is 0.767. The Kier molecular flexibility index (Phi) is 4.49. The first-order valence-electron chi connectivity index (χ1n) is 5.38. The van der Waals surface area contributed by atoms with Crippen molar-refractivity contribution in [1.29, 1.82) is 0 Å². The van der Waals surface area contributed by atoms with Gasteiger partial charge in [-0.3, -0.25) is 9.59 Å². The van der Waals surface area contributed by atoms with Gasteiger partial charge in [0.15, 0.2) is 5.82 Å². The fourth-order valence-corrected chi connectivity index (χ4v) is 2.25. The third-order valence-electron chi connectivity index (χ3n) is 2.44. The summed E-state index contributed by atoms with van der Waals surface area (Å²) in [6.45, 7) is 2.59. The number of hydrogen-bond acceptors (Lipinski definition) is 6. The van der Waals surface area contributed by atoms with Gasteiger partial charge in [-0.05, 0) is 18.5 Å². The van der Waals surface area contributed by atoms with Crippen LogP contribution in [0.4, 0.5) is 10.8 Å². The summed E-state index contributed by atoms with van der Waals surface area (Å²) < 4.78 is 3.91. The average Bonchev–Trinajstić information content (AvgIpc) is 2.67. The predicted octanol–water partition coefficient (Wildman–Crippen LogP) is -0.261. The number of nitrogens with two attached hydrogens (primary N) is 2. The minimum atomic E-state index is -0.632. The van der Waals surface area contributed by atoms with E-state index in [1.165, 1.54) is 4.90 Å². The number of rotatable bonds is 5. The molecule has 0 aliphatic carbocycles. The van der Waals surface area contributed by atoms with Crippen LogP contribution < -0.4 is 16.4 Å². The van der Waals surface area contributed by atoms with Gasteiger partial charge in [0.1, 0.15) is 10.6 Å². The fraction of sp³-hybridized carbons (Fsp3) is 0.500. The van der Waals surface area contributed by atoms with Crippen LogP contribution in [0.5, 0.6) is 0 Å². The van der Waals surface area contributed by atoms with Crippen LogP contribution in [0.1, 0.15) is 17.3 Å². The molecule has 2 amide bonds. The number of likely N-dealkylation sites (N-methyl/N-ethyl adjacent to an activating group) is 2. The van der Waals surface area contributed by atoms with Crippen LogP contribution in [-0.4, -0.2) is 48.3 Å². The minimum Gasteiger partial charge on any atom is -0.382 e. The zero-order chi connectivity index (χ0) is 13.9. The van der Waals surface area contributed by atoms with Crippen molar-refractivity contribution >= 4 is 34.2 Å². The van der Waals surface area contributed by atoms with Crippen LogP contribution in [0.3, 0.4) is 0 Å². The van der Waals surface area contributed by atoms with Gasteiger partial charge in [-0.25, -0.2) is 0 Å². The van der Waals surface area contributed by atoms with Crippen molar-refractivity contribution in [3.8, 4) is 0 Å². The second kappa shape index (κ2) is 5.67. The molecule has 4 N–H and O–H groups in total. The van der Waals surface area contributed by atoms with Crippen LogP contribution >= 0.6 is 11.5 Å². The summed E-state index contributed by atoms with van der Waals surface area (Å²) in [6, 6.07) is 0. The average molecular weight is 271 g/mol. The largest absolute Gasteiger partial charge is 0.382 e. The molecule has 1 aromatic heterocycles. The van der Waals surface area contributed by atoms with Gasteiger partial charge in [-0.15, -0.1) is 0 Å². The van der Waals surface area contributed by atoms with Crippen molar-refractivity contribution in [3.05, 3.63) is 5.56 Å². The molecular formula is C10H17N5O2S. The Balaban J connectivity index is 3.03. The topological polar surface area (TPSA) is 106 Å². The molecule has 1 rings (SSSR count). The van der Waals surface area contributed by atoms with E-state index in [4.69, 9.17) is 11.5 Å². The van der Waals surface area contributed by atoms with Gasteiger partial charge in [0.2, 0.25) is 5.91 Å². The SMILES string of the molecule is CCN(CC(=O)N(C)C)c1snc(N)c1C(N)=O. The van der Waals surface area contributed by atoms with E-state index in [2.05, 4.69) is 4.37 Å². The molecule has 0 atom stereocenters.